The van der Waals surface area contributed by atoms with E-state index in [0.29, 0.717) is 23.2 Å². The van der Waals surface area contributed by atoms with E-state index in [2.05, 4.69) is 17.0 Å². The van der Waals surface area contributed by atoms with Crippen LogP contribution in [-0.2, 0) is 9.53 Å². The van der Waals surface area contributed by atoms with E-state index in [1.165, 1.54) is 18.4 Å². The quantitative estimate of drug-likeness (QED) is 0.647. The van der Waals surface area contributed by atoms with Crippen LogP contribution in [0.5, 0.6) is 0 Å². The molecule has 1 amide bonds. The molecule has 0 spiro atoms. The maximum absolute atomic E-state index is 11.7. The fourth-order valence-electron chi connectivity index (χ4n) is 1.55. The highest BCUT2D eigenvalue weighted by Gasteiger charge is 2.30. The zero-order valence-corrected chi connectivity index (χ0v) is 10.5. The van der Waals surface area contributed by atoms with Gasteiger partial charge in [0.25, 0.3) is 0 Å². The summed E-state index contributed by atoms with van der Waals surface area (Å²) in [6, 6.07) is 2.20. The minimum Gasteiger partial charge on any atom is -0.465 e. The van der Waals surface area contributed by atoms with E-state index in [9.17, 15) is 9.59 Å². The minimum absolute atomic E-state index is 0.0992. The molecule has 1 aromatic heterocycles. The summed E-state index contributed by atoms with van der Waals surface area (Å²) in [4.78, 5) is 25.5. The molecule has 0 bridgehead atoms. The number of ether oxygens (including phenoxy) is 1. The number of thiophene rings is 1. The number of carbonyl (C=O) groups is 2. The Hall–Kier alpha value is -1.40. The Morgan fingerprint density at radius 2 is 2.35 bits per heavy atom. The van der Waals surface area contributed by atoms with Crippen LogP contribution in [0.2, 0.25) is 0 Å². The van der Waals surface area contributed by atoms with Crippen LogP contribution in [0.25, 0.3) is 0 Å². The third-order valence-electron chi connectivity index (χ3n) is 2.65. The summed E-state index contributed by atoms with van der Waals surface area (Å²) < 4.78 is 4.64. The third-order valence-corrected chi connectivity index (χ3v) is 3.54. The van der Waals surface area contributed by atoms with Gasteiger partial charge in [-0.25, -0.2) is 4.79 Å². The highest BCUT2D eigenvalue weighted by molar-refractivity contribution is 7.12. The standard InChI is InChI=1S/C11H14N2O3S/c1-7-5-13(7)6-9(14)12-8-3-4-17-10(8)11(15)16-2/h3-4,7H,5-6H2,1-2H3,(H,12,14). The van der Waals surface area contributed by atoms with Crippen molar-refractivity contribution < 1.29 is 14.3 Å². The van der Waals surface area contributed by atoms with Crippen molar-refractivity contribution >= 4 is 28.9 Å². The van der Waals surface area contributed by atoms with Crippen LogP contribution in [0, 0.1) is 0 Å². The first-order valence-electron chi connectivity index (χ1n) is 5.31. The Labute approximate surface area is 103 Å². The molecule has 2 rings (SSSR count). The van der Waals surface area contributed by atoms with Crippen LogP contribution in [0.4, 0.5) is 5.69 Å². The largest absolute Gasteiger partial charge is 0.465 e. The predicted molar refractivity (Wildman–Crippen MR) is 65.3 cm³/mol. The summed E-state index contributed by atoms with van der Waals surface area (Å²) in [7, 11) is 1.32. The number of nitrogens with one attached hydrogen (secondary N) is 1. The van der Waals surface area contributed by atoms with E-state index in [0.717, 1.165) is 6.54 Å². The van der Waals surface area contributed by atoms with Crippen molar-refractivity contribution in [3.63, 3.8) is 0 Å². The van der Waals surface area contributed by atoms with E-state index in [-0.39, 0.29) is 5.91 Å². The Balaban J connectivity index is 1.96. The number of esters is 1. The Morgan fingerprint density at radius 1 is 1.65 bits per heavy atom. The van der Waals surface area contributed by atoms with Gasteiger partial charge in [-0.15, -0.1) is 11.3 Å². The number of nitrogens with zero attached hydrogens (tertiary/aromatic N) is 1. The van der Waals surface area contributed by atoms with E-state index in [1.54, 1.807) is 11.4 Å². The number of hydrogen-bond acceptors (Lipinski definition) is 5. The first-order valence-corrected chi connectivity index (χ1v) is 6.19. The lowest BCUT2D eigenvalue weighted by molar-refractivity contribution is -0.116. The first-order chi connectivity index (χ1) is 8.11. The highest BCUT2D eigenvalue weighted by Crippen LogP contribution is 2.23. The van der Waals surface area contributed by atoms with Gasteiger partial charge < -0.3 is 10.1 Å². The van der Waals surface area contributed by atoms with E-state index < -0.39 is 5.97 Å². The monoisotopic (exact) mass is 254 g/mol. The van der Waals surface area contributed by atoms with Crippen LogP contribution >= 0.6 is 11.3 Å². The second-order valence-corrected chi connectivity index (χ2v) is 4.90. The van der Waals surface area contributed by atoms with Crippen molar-refractivity contribution in [3.05, 3.63) is 16.3 Å². The van der Waals surface area contributed by atoms with Gasteiger partial charge in [-0.3, -0.25) is 9.69 Å². The minimum atomic E-state index is -0.421. The van der Waals surface area contributed by atoms with Crippen molar-refractivity contribution in [2.24, 2.45) is 0 Å². The molecule has 5 nitrogen and oxygen atoms in total. The lowest BCUT2D eigenvalue weighted by Crippen LogP contribution is -2.22. The van der Waals surface area contributed by atoms with E-state index in [1.807, 2.05) is 4.90 Å². The lowest BCUT2D eigenvalue weighted by Gasteiger charge is -2.05. The van der Waals surface area contributed by atoms with Crippen LogP contribution in [-0.4, -0.2) is 43.0 Å². The fraction of sp³-hybridized carbons (Fsp3) is 0.455. The van der Waals surface area contributed by atoms with Gasteiger partial charge in [-0.2, -0.15) is 0 Å². The molecule has 1 aliphatic rings. The molecule has 2 heterocycles. The normalized spacial score (nSPS) is 22.0. The van der Waals surface area contributed by atoms with Crippen molar-refractivity contribution in [1.29, 1.82) is 0 Å². The van der Waals surface area contributed by atoms with Gasteiger partial charge in [0.05, 0.1) is 19.3 Å². The van der Waals surface area contributed by atoms with Crippen molar-refractivity contribution in [3.8, 4) is 0 Å². The van der Waals surface area contributed by atoms with Crippen LogP contribution in [0.3, 0.4) is 0 Å². The van der Waals surface area contributed by atoms with Crippen molar-refractivity contribution in [1.82, 2.24) is 4.90 Å². The molecule has 1 aromatic rings. The molecule has 1 fully saturated rings. The summed E-state index contributed by atoms with van der Waals surface area (Å²) in [6.07, 6.45) is 0. The predicted octanol–water partition coefficient (Wildman–Crippen LogP) is 1.18. The molecule has 2 atom stereocenters. The molecule has 0 radical (unpaired) electrons. The first kappa shape index (κ1) is 12.1. The smallest absolute Gasteiger partial charge is 0.350 e. The lowest BCUT2D eigenvalue weighted by atomic mass is 10.3. The number of carbonyl (C=O) groups excluding carboxylic acids is 2. The van der Waals surface area contributed by atoms with Gasteiger partial charge >= 0.3 is 5.97 Å². The Kier molecular flexibility index (Phi) is 3.44. The number of anilines is 1. The zero-order valence-electron chi connectivity index (χ0n) is 9.73. The molecule has 0 saturated carbocycles. The van der Waals surface area contributed by atoms with E-state index >= 15 is 0 Å². The maximum Gasteiger partial charge on any atom is 0.350 e. The number of amides is 1. The fourth-order valence-corrected chi connectivity index (χ4v) is 2.31. The second kappa shape index (κ2) is 4.85. The van der Waals surface area contributed by atoms with Crippen molar-refractivity contribution in [2.75, 3.05) is 25.5 Å². The van der Waals surface area contributed by atoms with Gasteiger partial charge in [0.15, 0.2) is 0 Å². The van der Waals surface area contributed by atoms with Crippen molar-refractivity contribution in [2.45, 2.75) is 13.0 Å². The summed E-state index contributed by atoms with van der Waals surface area (Å²) in [5.41, 5.74) is 0.529. The molecule has 1 N–H and O–H groups in total. The van der Waals surface area contributed by atoms with Gasteiger partial charge in [0.2, 0.25) is 5.91 Å². The maximum atomic E-state index is 11.7. The summed E-state index contributed by atoms with van der Waals surface area (Å²) in [5.74, 6) is -0.520. The van der Waals surface area contributed by atoms with Gasteiger partial charge in [-0.1, -0.05) is 0 Å². The summed E-state index contributed by atoms with van der Waals surface area (Å²) >= 11 is 1.26. The van der Waals surface area contributed by atoms with Gasteiger partial charge in [-0.05, 0) is 18.4 Å². The highest BCUT2D eigenvalue weighted by atomic mass is 32.1. The number of rotatable bonds is 4. The van der Waals surface area contributed by atoms with Crippen LogP contribution < -0.4 is 5.32 Å². The molecule has 6 heteroatoms. The summed E-state index contributed by atoms with van der Waals surface area (Å²) in [6.45, 7) is 3.40. The molecule has 1 aliphatic heterocycles. The summed E-state index contributed by atoms with van der Waals surface area (Å²) in [5, 5.41) is 4.48. The SMILES string of the molecule is COC(=O)c1sccc1NC(=O)CN1CC1C. The second-order valence-electron chi connectivity index (χ2n) is 3.98. The molecule has 0 aliphatic carbocycles. The molecule has 1 saturated heterocycles. The average Bonchev–Trinajstić information content (AvgIpc) is 2.80. The van der Waals surface area contributed by atoms with Gasteiger partial charge in [0.1, 0.15) is 4.88 Å². The topological polar surface area (TPSA) is 58.4 Å². The van der Waals surface area contributed by atoms with Gasteiger partial charge in [0, 0.05) is 12.6 Å². The molecular formula is C11H14N2O3S. The Morgan fingerprint density at radius 3 is 2.94 bits per heavy atom. The van der Waals surface area contributed by atoms with E-state index in [4.69, 9.17) is 0 Å². The molecule has 92 valence electrons. The average molecular weight is 254 g/mol. The third kappa shape index (κ3) is 2.83. The van der Waals surface area contributed by atoms with Crippen LogP contribution in [0.1, 0.15) is 16.6 Å². The molecular weight excluding hydrogens is 240 g/mol. The molecule has 0 aromatic carbocycles. The Bertz CT molecular complexity index is 444. The number of hydrogen-bond donors (Lipinski definition) is 1. The zero-order chi connectivity index (χ0) is 12.4. The molecule has 17 heavy (non-hydrogen) atoms. The number of methoxy groups -OCH3 is 1. The van der Waals surface area contributed by atoms with Crippen LogP contribution in [0.15, 0.2) is 11.4 Å². The molecule has 2 unspecified atom stereocenters.